The van der Waals surface area contributed by atoms with Crippen LogP contribution in [0.15, 0.2) is 53.4 Å². The SMILES string of the molecule is CCCS(=O)(=O)Nc1ccc(NC(=O)c2ccccc2S(=O)(=O)C(C)C)cc1. The van der Waals surface area contributed by atoms with Gasteiger partial charge in [0.05, 0.1) is 21.5 Å². The second kappa shape index (κ2) is 8.74. The first-order chi connectivity index (χ1) is 13.1. The third-order valence-electron chi connectivity index (χ3n) is 3.95. The van der Waals surface area contributed by atoms with Gasteiger partial charge in [-0.15, -0.1) is 0 Å². The number of sulfonamides is 1. The Balaban J connectivity index is 2.21. The number of carbonyl (C=O) groups excluding carboxylic acids is 1. The van der Waals surface area contributed by atoms with Gasteiger partial charge in [0, 0.05) is 11.4 Å². The number of benzene rings is 2. The van der Waals surface area contributed by atoms with Crippen LogP contribution in [0.1, 0.15) is 37.6 Å². The van der Waals surface area contributed by atoms with Gasteiger partial charge in [0.15, 0.2) is 9.84 Å². The molecule has 0 atom stereocenters. The lowest BCUT2D eigenvalue weighted by atomic mass is 10.2. The van der Waals surface area contributed by atoms with Gasteiger partial charge in [0.1, 0.15) is 0 Å². The van der Waals surface area contributed by atoms with Crippen molar-refractivity contribution < 1.29 is 21.6 Å². The van der Waals surface area contributed by atoms with Crippen LogP contribution in [-0.2, 0) is 19.9 Å². The molecule has 7 nitrogen and oxygen atoms in total. The first kappa shape index (κ1) is 21.9. The highest BCUT2D eigenvalue weighted by molar-refractivity contribution is 7.92. The lowest BCUT2D eigenvalue weighted by Crippen LogP contribution is -2.20. The zero-order valence-corrected chi connectivity index (χ0v) is 17.6. The molecular formula is C19H24N2O5S2. The Morgan fingerprint density at radius 2 is 1.50 bits per heavy atom. The average molecular weight is 425 g/mol. The lowest BCUT2D eigenvalue weighted by molar-refractivity contribution is 0.102. The van der Waals surface area contributed by atoms with E-state index in [1.54, 1.807) is 45.0 Å². The highest BCUT2D eigenvalue weighted by Gasteiger charge is 2.25. The third-order valence-corrected chi connectivity index (χ3v) is 7.65. The van der Waals surface area contributed by atoms with Crippen LogP contribution in [0.4, 0.5) is 11.4 Å². The van der Waals surface area contributed by atoms with Crippen molar-refractivity contribution in [2.75, 3.05) is 15.8 Å². The first-order valence-corrected chi connectivity index (χ1v) is 12.0. The number of hydrogen-bond acceptors (Lipinski definition) is 5. The van der Waals surface area contributed by atoms with Crippen molar-refractivity contribution in [1.29, 1.82) is 0 Å². The van der Waals surface area contributed by atoms with E-state index < -0.39 is 31.0 Å². The van der Waals surface area contributed by atoms with Crippen LogP contribution < -0.4 is 10.0 Å². The second-order valence-corrected chi connectivity index (χ2v) is 10.9. The Labute approximate surface area is 166 Å². The molecule has 0 aromatic heterocycles. The molecule has 0 radical (unpaired) electrons. The zero-order chi connectivity index (χ0) is 20.9. The molecule has 28 heavy (non-hydrogen) atoms. The van der Waals surface area contributed by atoms with Crippen LogP contribution in [0.3, 0.4) is 0 Å². The Bertz CT molecular complexity index is 1040. The average Bonchev–Trinajstić information content (AvgIpc) is 2.62. The maximum Gasteiger partial charge on any atom is 0.256 e. The number of anilines is 2. The number of sulfone groups is 1. The molecule has 2 rings (SSSR count). The van der Waals surface area contributed by atoms with Crippen molar-refractivity contribution in [3.63, 3.8) is 0 Å². The van der Waals surface area contributed by atoms with Gasteiger partial charge in [0.2, 0.25) is 10.0 Å². The van der Waals surface area contributed by atoms with Gasteiger partial charge in [-0.3, -0.25) is 9.52 Å². The van der Waals surface area contributed by atoms with Crippen molar-refractivity contribution in [2.24, 2.45) is 0 Å². The number of carbonyl (C=O) groups is 1. The summed E-state index contributed by atoms with van der Waals surface area (Å²) in [4.78, 5) is 12.6. The maximum atomic E-state index is 12.6. The molecule has 0 saturated heterocycles. The predicted molar refractivity (Wildman–Crippen MR) is 111 cm³/mol. The van der Waals surface area contributed by atoms with E-state index in [2.05, 4.69) is 10.0 Å². The molecule has 0 saturated carbocycles. The van der Waals surface area contributed by atoms with E-state index in [0.717, 1.165) is 0 Å². The summed E-state index contributed by atoms with van der Waals surface area (Å²) < 4.78 is 51.0. The summed E-state index contributed by atoms with van der Waals surface area (Å²) >= 11 is 0. The fraction of sp³-hybridized carbons (Fsp3) is 0.316. The minimum atomic E-state index is -3.61. The predicted octanol–water partition coefficient (Wildman–Crippen LogP) is 3.27. The van der Waals surface area contributed by atoms with Gasteiger partial charge in [-0.1, -0.05) is 19.1 Å². The zero-order valence-electron chi connectivity index (χ0n) is 16.0. The number of nitrogens with one attached hydrogen (secondary N) is 2. The molecule has 2 aromatic rings. The summed E-state index contributed by atoms with van der Waals surface area (Å²) in [6, 6.07) is 12.2. The molecular weight excluding hydrogens is 400 g/mol. The molecule has 1 amide bonds. The first-order valence-electron chi connectivity index (χ1n) is 8.81. The summed E-state index contributed by atoms with van der Waals surface area (Å²) in [7, 11) is -7.01. The fourth-order valence-corrected chi connectivity index (χ4v) is 4.85. The van der Waals surface area contributed by atoms with Crippen LogP contribution >= 0.6 is 0 Å². The molecule has 0 bridgehead atoms. The lowest BCUT2D eigenvalue weighted by Gasteiger charge is -2.13. The smallest absolute Gasteiger partial charge is 0.256 e. The highest BCUT2D eigenvalue weighted by Crippen LogP contribution is 2.22. The van der Waals surface area contributed by atoms with E-state index in [1.165, 1.54) is 24.3 Å². The van der Waals surface area contributed by atoms with Crippen molar-refractivity contribution in [3.8, 4) is 0 Å². The van der Waals surface area contributed by atoms with Crippen LogP contribution in [0.5, 0.6) is 0 Å². The summed E-state index contributed by atoms with van der Waals surface area (Å²) in [6.07, 6.45) is 0.502. The summed E-state index contributed by atoms with van der Waals surface area (Å²) in [5.74, 6) is -0.536. The van der Waals surface area contributed by atoms with Gasteiger partial charge >= 0.3 is 0 Å². The summed E-state index contributed by atoms with van der Waals surface area (Å²) in [5, 5.41) is 1.99. The number of amides is 1. The molecule has 0 aliphatic rings. The molecule has 0 heterocycles. The monoisotopic (exact) mass is 424 g/mol. The van der Waals surface area contributed by atoms with Crippen molar-refractivity contribution in [3.05, 3.63) is 54.1 Å². The molecule has 0 aliphatic carbocycles. The molecule has 2 N–H and O–H groups in total. The number of rotatable bonds is 8. The third kappa shape index (κ3) is 5.32. The Morgan fingerprint density at radius 3 is 2.07 bits per heavy atom. The van der Waals surface area contributed by atoms with E-state index in [1.807, 2.05) is 0 Å². The van der Waals surface area contributed by atoms with Gasteiger partial charge in [-0.2, -0.15) is 0 Å². The molecule has 0 unspecified atom stereocenters. The van der Waals surface area contributed by atoms with Crippen LogP contribution in [0.2, 0.25) is 0 Å². The van der Waals surface area contributed by atoms with Crippen LogP contribution in [-0.4, -0.2) is 33.7 Å². The van der Waals surface area contributed by atoms with Crippen LogP contribution in [0, 0.1) is 0 Å². The van der Waals surface area contributed by atoms with E-state index in [0.29, 0.717) is 17.8 Å². The molecule has 2 aromatic carbocycles. The van der Waals surface area contributed by atoms with Gasteiger partial charge in [-0.05, 0) is 56.7 Å². The quantitative estimate of drug-likeness (QED) is 0.676. The molecule has 0 fully saturated rings. The molecule has 9 heteroatoms. The van der Waals surface area contributed by atoms with Crippen molar-refractivity contribution in [1.82, 2.24) is 0 Å². The highest BCUT2D eigenvalue weighted by atomic mass is 32.2. The summed E-state index contributed by atoms with van der Waals surface area (Å²) in [6.45, 7) is 4.89. The minimum Gasteiger partial charge on any atom is -0.322 e. The van der Waals surface area contributed by atoms with Gasteiger partial charge in [0.25, 0.3) is 5.91 Å². The standard InChI is InChI=1S/C19H24N2O5S2/c1-4-13-27(23,24)21-16-11-9-15(10-12-16)20-19(22)17-7-5-6-8-18(17)28(25,26)14(2)3/h5-12,14,21H,4,13H2,1-3H3,(H,20,22). The Hall–Kier alpha value is -2.39. The normalized spacial score (nSPS) is 12.0. The minimum absolute atomic E-state index is 0.0204. The summed E-state index contributed by atoms with van der Waals surface area (Å²) in [5.41, 5.74) is 0.860. The number of hydrogen-bond donors (Lipinski definition) is 2. The van der Waals surface area contributed by atoms with E-state index in [4.69, 9.17) is 0 Å². The Morgan fingerprint density at radius 1 is 0.929 bits per heavy atom. The van der Waals surface area contributed by atoms with Crippen molar-refractivity contribution >= 4 is 37.1 Å². The topological polar surface area (TPSA) is 109 Å². The van der Waals surface area contributed by atoms with Gasteiger partial charge < -0.3 is 5.32 Å². The van der Waals surface area contributed by atoms with E-state index >= 15 is 0 Å². The van der Waals surface area contributed by atoms with E-state index in [-0.39, 0.29) is 16.2 Å². The van der Waals surface area contributed by atoms with E-state index in [9.17, 15) is 21.6 Å². The van der Waals surface area contributed by atoms with Gasteiger partial charge in [-0.25, -0.2) is 16.8 Å². The maximum absolute atomic E-state index is 12.6. The molecule has 0 spiro atoms. The second-order valence-electron chi connectivity index (χ2n) is 6.54. The molecule has 152 valence electrons. The fourth-order valence-electron chi connectivity index (χ4n) is 2.48. The molecule has 0 aliphatic heterocycles. The van der Waals surface area contributed by atoms with Crippen LogP contribution in [0.25, 0.3) is 0 Å². The Kier molecular flexibility index (Phi) is 6.84. The van der Waals surface area contributed by atoms with Crippen molar-refractivity contribution in [2.45, 2.75) is 37.3 Å². The largest absolute Gasteiger partial charge is 0.322 e.